The molecule has 0 bridgehead atoms. The molecule has 1 aliphatic rings. The summed E-state index contributed by atoms with van der Waals surface area (Å²) in [6.07, 6.45) is 0. The fourth-order valence-electron chi connectivity index (χ4n) is 11.5. The van der Waals surface area contributed by atoms with Crippen LogP contribution in [0.25, 0.3) is 86.6 Å². The zero-order chi connectivity index (χ0) is 46.2. The van der Waals surface area contributed by atoms with E-state index in [1.165, 1.54) is 81.4 Å². The van der Waals surface area contributed by atoms with Gasteiger partial charge in [-0.05, 0) is 122 Å². The van der Waals surface area contributed by atoms with Crippen LogP contribution in [0.3, 0.4) is 0 Å². The van der Waals surface area contributed by atoms with Crippen molar-refractivity contribution in [1.29, 1.82) is 0 Å². The molecule has 11 aromatic carbocycles. The van der Waals surface area contributed by atoms with Crippen molar-refractivity contribution in [3.8, 4) is 44.5 Å². The van der Waals surface area contributed by atoms with E-state index < -0.39 is 5.41 Å². The normalized spacial score (nSPS) is 12.7. The SMILES string of the molecule is c1ccc(C2(c3ccccc3)c3ccccc3-c3c(N(c4ccc(-c5ccc(-c6ccc7oc8ccccc8c7c6)cc5)cc4)c4ccc(-c5cccc6sc7ccccc7c56)cc4)cccc32)cc1. The van der Waals surface area contributed by atoms with Crippen LogP contribution in [0, 0.1) is 0 Å². The molecule has 2 heterocycles. The second kappa shape index (κ2) is 16.2. The molecule has 1 aliphatic carbocycles. The maximum atomic E-state index is 6.13. The van der Waals surface area contributed by atoms with Crippen molar-refractivity contribution in [1.82, 2.24) is 0 Å². The lowest BCUT2D eigenvalue weighted by atomic mass is 9.68. The zero-order valence-corrected chi connectivity index (χ0v) is 38.9. The van der Waals surface area contributed by atoms with Crippen LogP contribution in [-0.4, -0.2) is 0 Å². The van der Waals surface area contributed by atoms with Gasteiger partial charge in [-0.15, -0.1) is 11.3 Å². The molecule has 70 heavy (non-hydrogen) atoms. The minimum Gasteiger partial charge on any atom is -0.456 e. The maximum Gasteiger partial charge on any atom is 0.135 e. The van der Waals surface area contributed by atoms with Crippen molar-refractivity contribution < 1.29 is 4.42 Å². The summed E-state index contributed by atoms with van der Waals surface area (Å²) in [6, 6.07) is 95.6. The molecule has 0 atom stereocenters. The number of nitrogens with zero attached hydrogens (tertiary/aromatic N) is 1. The molecule has 328 valence electrons. The van der Waals surface area contributed by atoms with E-state index in [2.05, 4.69) is 254 Å². The highest BCUT2D eigenvalue weighted by Gasteiger charge is 2.47. The second-order valence-corrected chi connectivity index (χ2v) is 19.4. The fourth-order valence-corrected chi connectivity index (χ4v) is 12.6. The third kappa shape index (κ3) is 6.25. The number of furan rings is 1. The summed E-state index contributed by atoms with van der Waals surface area (Å²) in [5.41, 5.74) is 19.3. The Balaban J connectivity index is 0.907. The molecule has 14 rings (SSSR count). The van der Waals surface area contributed by atoms with Gasteiger partial charge in [-0.3, -0.25) is 0 Å². The molecule has 0 unspecified atom stereocenters. The Kier molecular flexibility index (Phi) is 9.33. The van der Waals surface area contributed by atoms with E-state index in [9.17, 15) is 0 Å². The Bertz CT molecular complexity index is 4050. The van der Waals surface area contributed by atoms with Crippen LogP contribution in [-0.2, 0) is 5.41 Å². The van der Waals surface area contributed by atoms with Crippen molar-refractivity contribution in [3.63, 3.8) is 0 Å². The molecule has 0 N–H and O–H groups in total. The Hall–Kier alpha value is -8.76. The minimum absolute atomic E-state index is 0.518. The summed E-state index contributed by atoms with van der Waals surface area (Å²) in [5, 5.41) is 4.90. The molecule has 0 radical (unpaired) electrons. The standard InChI is InChI=1S/C67H43NOS/c1-3-15-49(16-4-1)67(50-17-5-2-6-18-50)58-23-10-7-20-55(58)66-59(67)24-14-25-60(66)68(52-40-35-47(36-41-52)53-22-13-28-64-65(53)56-21-9-12-27-63(56)70-64)51-38-33-45(34-39-51)44-29-31-46(32-30-44)48-37-42-62-57(43-48)54-19-8-11-26-61(54)69-62/h1-43H. The fraction of sp³-hybridized carbons (Fsp3) is 0.0149. The van der Waals surface area contributed by atoms with E-state index in [-0.39, 0.29) is 0 Å². The molecular weight excluding hydrogens is 867 g/mol. The first-order valence-corrected chi connectivity index (χ1v) is 24.8. The van der Waals surface area contributed by atoms with Gasteiger partial charge < -0.3 is 9.32 Å². The van der Waals surface area contributed by atoms with Crippen molar-refractivity contribution in [2.75, 3.05) is 4.90 Å². The Morgan fingerprint density at radius 3 is 1.59 bits per heavy atom. The summed E-state index contributed by atoms with van der Waals surface area (Å²) < 4.78 is 8.75. The number of hydrogen-bond acceptors (Lipinski definition) is 3. The van der Waals surface area contributed by atoms with Crippen LogP contribution in [0.1, 0.15) is 22.3 Å². The Morgan fingerprint density at radius 2 is 0.857 bits per heavy atom. The van der Waals surface area contributed by atoms with Gasteiger partial charge in [0.25, 0.3) is 0 Å². The third-order valence-corrected chi connectivity index (χ3v) is 15.7. The molecule has 0 amide bonds. The lowest BCUT2D eigenvalue weighted by Crippen LogP contribution is -2.28. The van der Waals surface area contributed by atoms with E-state index in [0.717, 1.165) is 44.6 Å². The number of rotatable bonds is 8. The van der Waals surface area contributed by atoms with Crippen molar-refractivity contribution in [3.05, 3.63) is 283 Å². The van der Waals surface area contributed by atoms with E-state index in [0.29, 0.717) is 0 Å². The van der Waals surface area contributed by atoms with Crippen molar-refractivity contribution in [2.45, 2.75) is 5.41 Å². The molecule has 0 spiro atoms. The predicted octanol–water partition coefficient (Wildman–Crippen LogP) is 18.8. The largest absolute Gasteiger partial charge is 0.456 e. The van der Waals surface area contributed by atoms with Crippen molar-refractivity contribution >= 4 is 70.5 Å². The molecule has 0 saturated carbocycles. The molecule has 3 heteroatoms. The van der Waals surface area contributed by atoms with Crippen LogP contribution in [0.4, 0.5) is 17.1 Å². The van der Waals surface area contributed by atoms with Gasteiger partial charge in [-0.25, -0.2) is 0 Å². The van der Waals surface area contributed by atoms with Crippen LogP contribution < -0.4 is 4.90 Å². The number of hydrogen-bond donors (Lipinski definition) is 0. The topological polar surface area (TPSA) is 16.4 Å². The Labute approximate surface area is 410 Å². The van der Waals surface area contributed by atoms with Crippen LogP contribution in [0.2, 0.25) is 0 Å². The zero-order valence-electron chi connectivity index (χ0n) is 38.1. The number of fused-ring (bicyclic) bond motifs is 9. The molecule has 13 aromatic rings. The maximum absolute atomic E-state index is 6.13. The summed E-state index contributed by atoms with van der Waals surface area (Å²) in [4.78, 5) is 2.47. The van der Waals surface area contributed by atoms with Gasteiger partial charge in [0.1, 0.15) is 11.2 Å². The van der Waals surface area contributed by atoms with Crippen LogP contribution in [0.5, 0.6) is 0 Å². The predicted molar refractivity (Wildman–Crippen MR) is 295 cm³/mol. The first-order chi connectivity index (χ1) is 34.7. The first-order valence-electron chi connectivity index (χ1n) is 24.0. The molecule has 0 saturated heterocycles. The highest BCUT2D eigenvalue weighted by atomic mass is 32.1. The average molecular weight is 910 g/mol. The van der Waals surface area contributed by atoms with Crippen LogP contribution in [0.15, 0.2) is 265 Å². The quantitative estimate of drug-likeness (QED) is 0.151. The average Bonchev–Trinajstić information content (AvgIpc) is 4.11. The smallest absolute Gasteiger partial charge is 0.135 e. The summed E-state index contributed by atoms with van der Waals surface area (Å²) in [5.74, 6) is 0. The highest BCUT2D eigenvalue weighted by molar-refractivity contribution is 7.25. The monoisotopic (exact) mass is 909 g/mol. The van der Waals surface area contributed by atoms with E-state index in [1.807, 2.05) is 23.5 Å². The number of anilines is 3. The molecule has 0 fully saturated rings. The summed E-state index contributed by atoms with van der Waals surface area (Å²) in [7, 11) is 0. The molecular formula is C67H43NOS. The van der Waals surface area contributed by atoms with Gasteiger partial charge in [0, 0.05) is 47.9 Å². The Morgan fingerprint density at radius 1 is 0.343 bits per heavy atom. The van der Waals surface area contributed by atoms with Gasteiger partial charge in [-0.1, -0.05) is 200 Å². The summed E-state index contributed by atoms with van der Waals surface area (Å²) >= 11 is 1.86. The van der Waals surface area contributed by atoms with Gasteiger partial charge >= 0.3 is 0 Å². The number of thiophene rings is 1. The van der Waals surface area contributed by atoms with Crippen molar-refractivity contribution in [2.24, 2.45) is 0 Å². The third-order valence-electron chi connectivity index (χ3n) is 14.6. The van der Waals surface area contributed by atoms with Gasteiger partial charge in [0.05, 0.1) is 11.1 Å². The second-order valence-electron chi connectivity index (χ2n) is 18.3. The van der Waals surface area contributed by atoms with Gasteiger partial charge in [-0.2, -0.15) is 0 Å². The van der Waals surface area contributed by atoms with E-state index in [1.54, 1.807) is 0 Å². The lowest BCUT2D eigenvalue weighted by Gasteiger charge is -2.34. The molecule has 2 nitrogen and oxygen atoms in total. The minimum atomic E-state index is -0.518. The number of benzene rings is 11. The number of para-hydroxylation sites is 1. The van der Waals surface area contributed by atoms with Gasteiger partial charge in [0.2, 0.25) is 0 Å². The highest BCUT2D eigenvalue weighted by Crippen LogP contribution is 2.59. The molecule has 0 aliphatic heterocycles. The first kappa shape index (κ1) is 40.3. The van der Waals surface area contributed by atoms with E-state index >= 15 is 0 Å². The summed E-state index contributed by atoms with van der Waals surface area (Å²) in [6.45, 7) is 0. The van der Waals surface area contributed by atoms with E-state index in [4.69, 9.17) is 4.42 Å². The molecule has 2 aromatic heterocycles. The lowest BCUT2D eigenvalue weighted by molar-refractivity contribution is 0.669. The van der Waals surface area contributed by atoms with Gasteiger partial charge in [0.15, 0.2) is 0 Å². The van der Waals surface area contributed by atoms with Crippen LogP contribution >= 0.6 is 11.3 Å².